The van der Waals surface area contributed by atoms with Crippen LogP contribution in [0.25, 0.3) is 0 Å². The van der Waals surface area contributed by atoms with Crippen molar-refractivity contribution in [3.05, 3.63) is 35.4 Å². The summed E-state index contributed by atoms with van der Waals surface area (Å²) < 4.78 is 27.0. The van der Waals surface area contributed by atoms with E-state index in [2.05, 4.69) is 10.6 Å². The lowest BCUT2D eigenvalue weighted by atomic mass is 10.0. The Labute approximate surface area is 127 Å². The predicted molar refractivity (Wildman–Crippen MR) is 81.3 cm³/mol. The van der Waals surface area contributed by atoms with Crippen molar-refractivity contribution >= 4 is 17.7 Å². The first-order valence-electron chi connectivity index (χ1n) is 7.15. The van der Waals surface area contributed by atoms with Crippen molar-refractivity contribution in [3.8, 4) is 0 Å². The Morgan fingerprint density at radius 2 is 2.33 bits per heavy atom. The lowest BCUT2D eigenvalue weighted by molar-refractivity contribution is -0.122. The van der Waals surface area contributed by atoms with Crippen LogP contribution >= 0.6 is 11.8 Å². The molecule has 1 heterocycles. The topological polar surface area (TPSA) is 41.1 Å². The van der Waals surface area contributed by atoms with Gasteiger partial charge in [-0.05, 0) is 24.6 Å². The van der Waals surface area contributed by atoms with E-state index in [0.29, 0.717) is 12.8 Å². The number of carbonyl (C=O) groups excluding carboxylic acids is 1. The van der Waals surface area contributed by atoms with E-state index < -0.39 is 17.7 Å². The Bertz CT molecular complexity index is 493. The molecule has 1 aromatic carbocycles. The number of amides is 1. The minimum Gasteiger partial charge on any atom is -0.349 e. The normalized spacial score (nSPS) is 20.0. The zero-order valence-electron chi connectivity index (χ0n) is 12.0. The predicted octanol–water partition coefficient (Wildman–Crippen LogP) is 2.63. The molecule has 0 aromatic heterocycles. The fraction of sp³-hybridized carbons (Fsp3) is 0.533. The maximum Gasteiger partial charge on any atom is 0.222 e. The number of nitrogens with one attached hydrogen (secondary N) is 2. The standard InChI is InChI=1S/C15H20F2N2OS/c1-2-14(12-7-10(16)3-4-13(12)17)19-15(20)8-11-9-21-6-5-18-11/h3-4,7,11,14,18H,2,5-6,8-9H2,1H3,(H,19,20). The molecule has 1 fully saturated rings. The SMILES string of the molecule is CCC(NC(=O)CC1CSCCN1)c1cc(F)ccc1F. The van der Waals surface area contributed by atoms with Gasteiger partial charge in [0.15, 0.2) is 0 Å². The number of hydrogen-bond acceptors (Lipinski definition) is 3. The van der Waals surface area contributed by atoms with Gasteiger partial charge in [-0.1, -0.05) is 6.92 Å². The van der Waals surface area contributed by atoms with Gasteiger partial charge in [0.2, 0.25) is 5.91 Å². The molecule has 3 nitrogen and oxygen atoms in total. The summed E-state index contributed by atoms with van der Waals surface area (Å²) in [5, 5.41) is 6.09. The van der Waals surface area contributed by atoms with Crippen molar-refractivity contribution in [3.63, 3.8) is 0 Å². The second-order valence-electron chi connectivity index (χ2n) is 5.12. The van der Waals surface area contributed by atoms with Gasteiger partial charge in [-0.15, -0.1) is 0 Å². The first-order chi connectivity index (χ1) is 10.1. The highest BCUT2D eigenvalue weighted by Gasteiger charge is 2.21. The van der Waals surface area contributed by atoms with E-state index in [1.54, 1.807) is 0 Å². The van der Waals surface area contributed by atoms with Crippen LogP contribution in [0.1, 0.15) is 31.4 Å². The Morgan fingerprint density at radius 1 is 1.52 bits per heavy atom. The van der Waals surface area contributed by atoms with E-state index in [4.69, 9.17) is 0 Å². The van der Waals surface area contributed by atoms with Gasteiger partial charge >= 0.3 is 0 Å². The highest BCUT2D eigenvalue weighted by molar-refractivity contribution is 7.99. The average molecular weight is 314 g/mol. The van der Waals surface area contributed by atoms with Gasteiger partial charge in [0.05, 0.1) is 6.04 Å². The second-order valence-corrected chi connectivity index (χ2v) is 6.27. The van der Waals surface area contributed by atoms with Crippen LogP contribution < -0.4 is 10.6 Å². The van der Waals surface area contributed by atoms with Crippen LogP contribution in [0.2, 0.25) is 0 Å². The van der Waals surface area contributed by atoms with Crippen molar-refractivity contribution in [2.45, 2.75) is 31.8 Å². The van der Waals surface area contributed by atoms with Crippen molar-refractivity contribution in [1.82, 2.24) is 10.6 Å². The summed E-state index contributed by atoms with van der Waals surface area (Å²) in [5.74, 6) is 0.841. The molecule has 2 atom stereocenters. The van der Waals surface area contributed by atoms with E-state index in [-0.39, 0.29) is 17.5 Å². The monoisotopic (exact) mass is 314 g/mol. The molecular weight excluding hydrogens is 294 g/mol. The van der Waals surface area contributed by atoms with Crippen LogP contribution in [-0.2, 0) is 4.79 Å². The van der Waals surface area contributed by atoms with Crippen molar-refractivity contribution in [2.75, 3.05) is 18.1 Å². The van der Waals surface area contributed by atoms with E-state index in [0.717, 1.165) is 36.2 Å². The third-order valence-corrected chi connectivity index (χ3v) is 4.64. The maximum absolute atomic E-state index is 13.8. The first-order valence-corrected chi connectivity index (χ1v) is 8.31. The zero-order valence-corrected chi connectivity index (χ0v) is 12.8. The minimum absolute atomic E-state index is 0.134. The maximum atomic E-state index is 13.8. The lowest BCUT2D eigenvalue weighted by Gasteiger charge is -2.24. The second kappa shape index (κ2) is 7.75. The minimum atomic E-state index is -0.496. The molecule has 2 N–H and O–H groups in total. The highest BCUT2D eigenvalue weighted by atomic mass is 32.2. The highest BCUT2D eigenvalue weighted by Crippen LogP contribution is 2.21. The number of benzene rings is 1. The zero-order chi connectivity index (χ0) is 15.2. The van der Waals surface area contributed by atoms with Gasteiger partial charge in [-0.25, -0.2) is 8.78 Å². The van der Waals surface area contributed by atoms with Crippen molar-refractivity contribution in [2.24, 2.45) is 0 Å². The number of hydrogen-bond donors (Lipinski definition) is 2. The summed E-state index contributed by atoms with van der Waals surface area (Å²) in [6.07, 6.45) is 0.874. The number of rotatable bonds is 5. The molecule has 2 unspecified atom stereocenters. The Morgan fingerprint density at radius 3 is 3.00 bits per heavy atom. The van der Waals surface area contributed by atoms with Crippen LogP contribution in [0, 0.1) is 11.6 Å². The van der Waals surface area contributed by atoms with Gasteiger partial charge in [-0.3, -0.25) is 4.79 Å². The van der Waals surface area contributed by atoms with Crippen LogP contribution in [0.5, 0.6) is 0 Å². The number of carbonyl (C=O) groups is 1. The fourth-order valence-electron chi connectivity index (χ4n) is 2.41. The smallest absolute Gasteiger partial charge is 0.222 e. The van der Waals surface area contributed by atoms with Crippen LogP contribution in [0.15, 0.2) is 18.2 Å². The Balaban J connectivity index is 1.97. The number of halogens is 2. The molecule has 1 aromatic rings. The molecule has 6 heteroatoms. The molecular formula is C15H20F2N2OS. The van der Waals surface area contributed by atoms with Crippen LogP contribution in [0.3, 0.4) is 0 Å². The van der Waals surface area contributed by atoms with Gasteiger partial charge in [0.25, 0.3) is 0 Å². The molecule has 1 aliphatic heterocycles. The molecule has 21 heavy (non-hydrogen) atoms. The first kappa shape index (κ1) is 16.2. The number of thioether (sulfide) groups is 1. The molecule has 0 spiro atoms. The summed E-state index contributed by atoms with van der Waals surface area (Å²) in [6, 6.07) is 2.98. The quantitative estimate of drug-likeness (QED) is 0.878. The molecule has 0 bridgehead atoms. The lowest BCUT2D eigenvalue weighted by Crippen LogP contribution is -2.42. The molecule has 1 saturated heterocycles. The largest absolute Gasteiger partial charge is 0.349 e. The molecule has 0 aliphatic carbocycles. The van der Waals surface area contributed by atoms with E-state index >= 15 is 0 Å². The van der Waals surface area contributed by atoms with Gasteiger partial charge < -0.3 is 10.6 Å². The average Bonchev–Trinajstić information content (AvgIpc) is 2.48. The van der Waals surface area contributed by atoms with Gasteiger partial charge in [0.1, 0.15) is 11.6 Å². The van der Waals surface area contributed by atoms with Gasteiger partial charge in [0, 0.05) is 36.1 Å². The Hall–Kier alpha value is -1.14. The van der Waals surface area contributed by atoms with E-state index in [1.807, 2.05) is 18.7 Å². The molecule has 1 amide bonds. The molecule has 1 aliphatic rings. The molecule has 116 valence electrons. The summed E-state index contributed by atoms with van der Waals surface area (Å²) in [5.41, 5.74) is 0.205. The van der Waals surface area contributed by atoms with Gasteiger partial charge in [-0.2, -0.15) is 11.8 Å². The third-order valence-electron chi connectivity index (χ3n) is 3.51. The molecule has 2 rings (SSSR count). The van der Waals surface area contributed by atoms with Crippen molar-refractivity contribution in [1.29, 1.82) is 0 Å². The summed E-state index contributed by atoms with van der Waals surface area (Å²) in [7, 11) is 0. The summed E-state index contributed by atoms with van der Waals surface area (Å²) >= 11 is 1.82. The summed E-state index contributed by atoms with van der Waals surface area (Å²) in [6.45, 7) is 2.74. The van der Waals surface area contributed by atoms with Crippen molar-refractivity contribution < 1.29 is 13.6 Å². The van der Waals surface area contributed by atoms with E-state index in [1.165, 1.54) is 0 Å². The summed E-state index contributed by atoms with van der Waals surface area (Å²) in [4.78, 5) is 12.1. The van der Waals surface area contributed by atoms with Crippen LogP contribution in [-0.4, -0.2) is 30.0 Å². The van der Waals surface area contributed by atoms with E-state index in [9.17, 15) is 13.6 Å². The Kier molecular flexibility index (Phi) is 5.99. The molecule has 0 radical (unpaired) electrons. The van der Waals surface area contributed by atoms with Crippen LogP contribution in [0.4, 0.5) is 8.78 Å². The third kappa shape index (κ3) is 4.68. The molecule has 0 saturated carbocycles. The fourth-order valence-corrected chi connectivity index (χ4v) is 3.36.